The molecule has 0 unspecified atom stereocenters. The number of carbonyl (C=O) groups is 3. The van der Waals surface area contributed by atoms with Gasteiger partial charge in [0.1, 0.15) is 11.4 Å². The Balaban J connectivity index is 0.882. The fourth-order valence-electron chi connectivity index (χ4n) is 9.63. The first-order valence-electron chi connectivity index (χ1n) is 21.3. The van der Waals surface area contributed by atoms with Crippen molar-refractivity contribution in [2.45, 2.75) is 63.6 Å². The van der Waals surface area contributed by atoms with E-state index in [0.717, 1.165) is 33.2 Å². The van der Waals surface area contributed by atoms with Gasteiger partial charge >= 0.3 is 6.03 Å². The number of benzene rings is 1. The summed E-state index contributed by atoms with van der Waals surface area (Å²) in [5, 5.41) is 6.38. The lowest BCUT2D eigenvalue weighted by atomic mass is 9.68. The Hall–Kier alpha value is -5.39. The molecule has 4 saturated heterocycles. The average molecular weight is 882 g/mol. The summed E-state index contributed by atoms with van der Waals surface area (Å²) in [4.78, 5) is 55.9. The number of hydrogen-bond donors (Lipinski definition) is 2. The molecule has 4 fully saturated rings. The minimum Gasteiger partial charge on any atom is -0.378 e. The number of anilines is 2. The minimum atomic E-state index is -2.87. The van der Waals surface area contributed by atoms with Crippen LogP contribution >= 0.6 is 11.6 Å². The van der Waals surface area contributed by atoms with Crippen molar-refractivity contribution in [1.82, 2.24) is 34.6 Å². The van der Waals surface area contributed by atoms with Crippen molar-refractivity contribution < 1.29 is 32.6 Å². The quantitative estimate of drug-likeness (QED) is 0.148. The standard InChI is InChI=1S/C46H50ClF2N9O5/c1-29(59)52-41-21-33-34(26-55(2)39(33)23-51-41)37-19-32(20-40(53-37)45(62-3)12-17-63-28-45)36-7-5-31(22-50-36)25-57-16-11-44(46(48,49)27-57)9-14-56(15-10-44)24-30-4-6-35(47)38(18-30)58-13-8-42(60)54-43(58)61/h4-7,18-23,26H,8-17,24-25,27-28H2,1-3H3,(H,51,52,59)(H,54,60,61)/t45-/m0/s1. The van der Waals surface area contributed by atoms with Crippen LogP contribution in [0.15, 0.2) is 67.1 Å². The van der Waals surface area contributed by atoms with Crippen molar-refractivity contribution in [2.24, 2.45) is 12.5 Å². The number of halogens is 3. The number of hydrogen-bond acceptors (Lipinski definition) is 10. The molecule has 8 heterocycles. The van der Waals surface area contributed by atoms with Gasteiger partial charge in [-0.25, -0.2) is 23.5 Å². The molecular formula is C46H50ClF2N9O5. The normalized spacial score (nSPS) is 21.6. The SMILES string of the molecule is CO[C@@]1(c2cc(-c3ccc(CN4CCC5(CCN(Cc6ccc(Cl)c(N7CCC(=O)NC7=O)c6)CC5)C(F)(F)C4)cn3)cc(-c3cn(C)c4cnc(NC(C)=O)cc34)n2)CCOC1. The van der Waals surface area contributed by atoms with Gasteiger partial charge in [-0.2, -0.15) is 0 Å². The maximum Gasteiger partial charge on any atom is 0.328 e. The maximum absolute atomic E-state index is 16.3. The van der Waals surface area contributed by atoms with Crippen LogP contribution in [0, 0.1) is 5.41 Å². The number of methoxy groups -OCH3 is 1. The van der Waals surface area contributed by atoms with Crippen LogP contribution in [0.2, 0.25) is 5.02 Å². The van der Waals surface area contributed by atoms with Gasteiger partial charge in [-0.15, -0.1) is 0 Å². The second-order valence-corrected chi connectivity index (χ2v) is 17.8. The van der Waals surface area contributed by atoms with Crippen LogP contribution in [-0.2, 0) is 44.8 Å². The summed E-state index contributed by atoms with van der Waals surface area (Å²) < 4.78 is 46.4. The first-order valence-corrected chi connectivity index (χ1v) is 21.7. The van der Waals surface area contributed by atoms with E-state index in [1.165, 1.54) is 11.8 Å². The number of urea groups is 1. The van der Waals surface area contributed by atoms with E-state index in [-0.39, 0.29) is 31.3 Å². The van der Waals surface area contributed by atoms with Crippen molar-refractivity contribution >= 4 is 51.9 Å². The monoisotopic (exact) mass is 881 g/mol. The number of amides is 4. The first kappa shape index (κ1) is 42.9. The highest BCUT2D eigenvalue weighted by Gasteiger charge is 2.57. The van der Waals surface area contributed by atoms with Gasteiger partial charge in [-0.3, -0.25) is 34.6 Å². The third-order valence-corrected chi connectivity index (χ3v) is 13.6. The van der Waals surface area contributed by atoms with Gasteiger partial charge < -0.3 is 19.4 Å². The molecule has 14 nitrogen and oxygen atoms in total. The van der Waals surface area contributed by atoms with Crippen LogP contribution in [0.1, 0.15) is 55.8 Å². The molecule has 4 aromatic heterocycles. The summed E-state index contributed by atoms with van der Waals surface area (Å²) >= 11 is 6.45. The van der Waals surface area contributed by atoms with Crippen LogP contribution in [0.25, 0.3) is 33.4 Å². The zero-order valence-electron chi connectivity index (χ0n) is 35.6. The molecule has 330 valence electrons. The summed E-state index contributed by atoms with van der Waals surface area (Å²) in [6.07, 6.45) is 7.48. The number of likely N-dealkylation sites (tertiary alicyclic amines) is 2. The number of ether oxygens (including phenoxy) is 2. The van der Waals surface area contributed by atoms with Gasteiger partial charge in [-0.1, -0.05) is 23.7 Å². The van der Waals surface area contributed by atoms with E-state index in [0.29, 0.717) is 105 Å². The fourth-order valence-corrected chi connectivity index (χ4v) is 9.85. The number of fused-ring (bicyclic) bond motifs is 1. The van der Waals surface area contributed by atoms with Crippen molar-refractivity contribution in [1.29, 1.82) is 0 Å². The molecule has 1 aromatic carbocycles. The second-order valence-electron chi connectivity index (χ2n) is 17.4. The van der Waals surface area contributed by atoms with E-state index in [1.807, 2.05) is 65.2 Å². The number of nitrogens with zero attached hydrogens (tertiary/aromatic N) is 7. The molecule has 4 aliphatic rings. The van der Waals surface area contributed by atoms with Gasteiger partial charge in [0, 0.05) is 94.5 Å². The maximum atomic E-state index is 16.3. The molecule has 4 aliphatic heterocycles. The third kappa shape index (κ3) is 8.42. The van der Waals surface area contributed by atoms with Gasteiger partial charge in [0.2, 0.25) is 11.8 Å². The number of imide groups is 1. The van der Waals surface area contributed by atoms with Gasteiger partial charge in [0.15, 0.2) is 0 Å². The van der Waals surface area contributed by atoms with Gasteiger partial charge in [0.25, 0.3) is 5.92 Å². The van der Waals surface area contributed by atoms with E-state index in [2.05, 4.69) is 20.5 Å². The molecule has 0 aliphatic carbocycles. The average Bonchev–Trinajstić information content (AvgIpc) is 3.89. The van der Waals surface area contributed by atoms with E-state index >= 15 is 8.78 Å². The molecule has 63 heavy (non-hydrogen) atoms. The molecule has 17 heteroatoms. The third-order valence-electron chi connectivity index (χ3n) is 13.3. The lowest BCUT2D eigenvalue weighted by Gasteiger charge is -2.51. The number of rotatable bonds is 10. The molecule has 0 saturated carbocycles. The highest BCUT2D eigenvalue weighted by atomic mass is 35.5. The molecule has 9 rings (SSSR count). The Morgan fingerprint density at radius 2 is 1.70 bits per heavy atom. The number of alkyl halides is 2. The summed E-state index contributed by atoms with van der Waals surface area (Å²) in [5.41, 5.74) is 5.13. The van der Waals surface area contributed by atoms with Crippen LogP contribution < -0.4 is 15.5 Å². The zero-order chi connectivity index (χ0) is 44.1. The Morgan fingerprint density at radius 1 is 0.937 bits per heavy atom. The Kier molecular flexibility index (Phi) is 11.5. The lowest BCUT2D eigenvalue weighted by molar-refractivity contribution is -0.189. The van der Waals surface area contributed by atoms with Crippen molar-refractivity contribution in [3.05, 3.63) is 89.0 Å². The van der Waals surface area contributed by atoms with E-state index in [1.54, 1.807) is 25.6 Å². The van der Waals surface area contributed by atoms with E-state index in [4.69, 9.17) is 31.0 Å². The number of pyridine rings is 3. The Labute approximate surface area is 368 Å². The summed E-state index contributed by atoms with van der Waals surface area (Å²) in [6.45, 7) is 4.77. The predicted octanol–water partition coefficient (Wildman–Crippen LogP) is 7.14. The van der Waals surface area contributed by atoms with Gasteiger partial charge in [0.05, 0.1) is 52.7 Å². The Morgan fingerprint density at radius 3 is 2.40 bits per heavy atom. The minimum absolute atomic E-state index is 0.189. The topological polar surface area (TPSA) is 147 Å². The summed E-state index contributed by atoms with van der Waals surface area (Å²) in [5.74, 6) is -2.97. The van der Waals surface area contributed by atoms with Crippen LogP contribution in [0.4, 0.5) is 25.1 Å². The molecule has 1 spiro atoms. The van der Waals surface area contributed by atoms with Crippen molar-refractivity contribution in [2.75, 3.05) is 63.3 Å². The van der Waals surface area contributed by atoms with E-state index in [9.17, 15) is 14.4 Å². The number of nitrogens with one attached hydrogen (secondary N) is 2. The van der Waals surface area contributed by atoms with Crippen LogP contribution in [0.3, 0.4) is 0 Å². The molecule has 0 radical (unpaired) electrons. The van der Waals surface area contributed by atoms with Crippen molar-refractivity contribution in [3.8, 4) is 22.5 Å². The molecule has 4 amide bonds. The number of carbonyl (C=O) groups excluding carboxylic acids is 3. The first-order chi connectivity index (χ1) is 30.2. The summed E-state index contributed by atoms with van der Waals surface area (Å²) in [7, 11) is 3.60. The summed E-state index contributed by atoms with van der Waals surface area (Å²) in [6, 6.07) is 14.7. The van der Waals surface area contributed by atoms with Crippen molar-refractivity contribution in [3.63, 3.8) is 0 Å². The predicted molar refractivity (Wildman–Crippen MR) is 234 cm³/mol. The van der Waals surface area contributed by atoms with Crippen LogP contribution in [0.5, 0.6) is 0 Å². The molecular weight excluding hydrogens is 832 g/mol. The van der Waals surface area contributed by atoms with Gasteiger partial charge in [-0.05, 0) is 86.4 Å². The number of piperidine rings is 2. The Bertz CT molecular complexity index is 2570. The molecule has 1 atom stereocenters. The zero-order valence-corrected chi connectivity index (χ0v) is 36.3. The fraction of sp³-hybridized carbons (Fsp3) is 0.435. The second kappa shape index (κ2) is 17.0. The van der Waals surface area contributed by atoms with E-state index < -0.39 is 23.0 Å². The number of aromatic nitrogens is 4. The smallest absolute Gasteiger partial charge is 0.328 e. The molecule has 0 bridgehead atoms. The molecule has 2 N–H and O–H groups in total. The molecule has 5 aromatic rings. The highest BCUT2D eigenvalue weighted by Crippen LogP contribution is 2.51. The lowest BCUT2D eigenvalue weighted by Crippen LogP contribution is -2.58. The number of aryl methyl sites for hydroxylation is 1. The largest absolute Gasteiger partial charge is 0.378 e. The highest BCUT2D eigenvalue weighted by molar-refractivity contribution is 6.34. The van der Waals surface area contributed by atoms with Crippen LogP contribution in [-0.4, -0.2) is 106 Å².